The molecule has 0 bridgehead atoms. The number of hydrogen-bond acceptors (Lipinski definition) is 3. The second-order valence-corrected chi connectivity index (χ2v) is 4.48. The lowest BCUT2D eigenvalue weighted by Crippen LogP contribution is -2.12. The zero-order valence-electron chi connectivity index (χ0n) is 9.94. The van der Waals surface area contributed by atoms with E-state index in [9.17, 15) is 4.79 Å². The van der Waals surface area contributed by atoms with Gasteiger partial charge in [0.15, 0.2) is 0 Å². The van der Waals surface area contributed by atoms with Gasteiger partial charge >= 0.3 is 0 Å². The van der Waals surface area contributed by atoms with E-state index in [-0.39, 0.29) is 5.57 Å². The number of carbonyl (C=O) groups is 1. The topological polar surface area (TPSA) is 76.1 Å². The Labute approximate surface area is 114 Å². The molecule has 1 amide bonds. The van der Waals surface area contributed by atoms with Crippen LogP contribution in [0.3, 0.4) is 0 Å². The number of halogens is 1. The number of benzene rings is 1. The highest BCUT2D eigenvalue weighted by molar-refractivity contribution is 9.10. The summed E-state index contributed by atoms with van der Waals surface area (Å²) in [4.78, 5) is 11.0. The molecule has 0 heterocycles. The van der Waals surface area contributed by atoms with Crippen molar-refractivity contribution in [2.24, 2.45) is 5.73 Å². The van der Waals surface area contributed by atoms with Crippen LogP contribution in [0.2, 0.25) is 0 Å². The van der Waals surface area contributed by atoms with Crippen LogP contribution in [0.5, 0.6) is 5.75 Å². The number of amides is 1. The van der Waals surface area contributed by atoms with Crippen LogP contribution in [-0.2, 0) is 4.79 Å². The predicted octanol–water partition coefficient (Wildman–Crippen LogP) is 2.63. The quantitative estimate of drug-likeness (QED) is 0.671. The van der Waals surface area contributed by atoms with Crippen LogP contribution in [0.25, 0.3) is 6.08 Å². The monoisotopic (exact) mass is 308 g/mol. The molecule has 5 heteroatoms. The van der Waals surface area contributed by atoms with Crippen LogP contribution in [0, 0.1) is 11.3 Å². The maximum Gasteiger partial charge on any atom is 0.259 e. The van der Waals surface area contributed by atoms with Gasteiger partial charge in [0, 0.05) is 10.0 Å². The van der Waals surface area contributed by atoms with Gasteiger partial charge in [-0.25, -0.2) is 0 Å². The van der Waals surface area contributed by atoms with Crippen molar-refractivity contribution in [3.05, 3.63) is 33.8 Å². The minimum atomic E-state index is -0.751. The third-order valence-electron chi connectivity index (χ3n) is 2.12. The maximum absolute atomic E-state index is 11.0. The lowest BCUT2D eigenvalue weighted by atomic mass is 10.1. The van der Waals surface area contributed by atoms with Crippen LogP contribution >= 0.6 is 15.9 Å². The first-order chi connectivity index (χ1) is 8.58. The summed E-state index contributed by atoms with van der Waals surface area (Å²) < 4.78 is 6.37. The molecular weight excluding hydrogens is 296 g/mol. The van der Waals surface area contributed by atoms with Gasteiger partial charge < -0.3 is 10.5 Å². The van der Waals surface area contributed by atoms with Crippen molar-refractivity contribution in [1.82, 2.24) is 0 Å². The first kappa shape index (κ1) is 14.3. The SMILES string of the molecule is CCCOc1ccc(Br)cc1/C=C(\C#N)C(N)=O. The smallest absolute Gasteiger partial charge is 0.259 e. The fraction of sp³-hybridized carbons (Fsp3) is 0.231. The number of rotatable bonds is 5. The molecule has 0 unspecified atom stereocenters. The average molecular weight is 309 g/mol. The van der Waals surface area contributed by atoms with E-state index in [1.807, 2.05) is 13.0 Å². The Morgan fingerprint density at radius 2 is 2.33 bits per heavy atom. The Balaban J connectivity index is 3.17. The van der Waals surface area contributed by atoms with Crippen molar-refractivity contribution in [1.29, 1.82) is 5.26 Å². The van der Waals surface area contributed by atoms with Crippen molar-refractivity contribution < 1.29 is 9.53 Å². The number of hydrogen-bond donors (Lipinski definition) is 1. The Morgan fingerprint density at radius 1 is 1.61 bits per heavy atom. The van der Waals surface area contributed by atoms with Crippen LogP contribution in [0.15, 0.2) is 28.2 Å². The van der Waals surface area contributed by atoms with Crippen LogP contribution in [0.4, 0.5) is 0 Å². The van der Waals surface area contributed by atoms with Crippen molar-refractivity contribution >= 4 is 27.9 Å². The summed E-state index contributed by atoms with van der Waals surface area (Å²) in [6, 6.07) is 7.15. The largest absolute Gasteiger partial charge is 0.493 e. The molecular formula is C13H13BrN2O2. The Hall–Kier alpha value is -1.80. The Morgan fingerprint density at radius 3 is 2.89 bits per heavy atom. The molecule has 94 valence electrons. The molecule has 0 saturated heterocycles. The predicted molar refractivity (Wildman–Crippen MR) is 72.7 cm³/mol. The third-order valence-corrected chi connectivity index (χ3v) is 2.61. The Kier molecular flexibility index (Phi) is 5.40. The number of ether oxygens (including phenoxy) is 1. The lowest BCUT2D eigenvalue weighted by molar-refractivity contribution is -0.114. The van der Waals surface area contributed by atoms with Crippen molar-refractivity contribution in [2.75, 3.05) is 6.61 Å². The minimum absolute atomic E-state index is 0.102. The molecule has 2 N–H and O–H groups in total. The Bertz CT molecular complexity index is 518. The van der Waals surface area contributed by atoms with E-state index < -0.39 is 5.91 Å². The molecule has 0 aliphatic carbocycles. The van der Waals surface area contributed by atoms with Crippen LogP contribution in [-0.4, -0.2) is 12.5 Å². The lowest BCUT2D eigenvalue weighted by Gasteiger charge is -2.08. The summed E-state index contributed by atoms with van der Waals surface area (Å²) in [5.74, 6) is -0.132. The first-order valence-corrected chi connectivity index (χ1v) is 6.21. The molecule has 1 aromatic rings. The molecule has 1 rings (SSSR count). The van der Waals surface area contributed by atoms with Crippen molar-refractivity contribution in [3.63, 3.8) is 0 Å². The third kappa shape index (κ3) is 3.90. The molecule has 1 aromatic carbocycles. The summed E-state index contributed by atoms with van der Waals surface area (Å²) in [6.45, 7) is 2.57. The van der Waals surface area contributed by atoms with E-state index in [1.54, 1.807) is 18.2 Å². The van der Waals surface area contributed by atoms with E-state index in [0.717, 1.165) is 10.9 Å². The first-order valence-electron chi connectivity index (χ1n) is 5.42. The van der Waals surface area contributed by atoms with Gasteiger partial charge in [0.05, 0.1) is 6.61 Å². The van der Waals surface area contributed by atoms with E-state index in [1.165, 1.54) is 6.08 Å². The standard InChI is InChI=1S/C13H13BrN2O2/c1-2-5-18-12-4-3-11(14)7-9(12)6-10(8-15)13(16)17/h3-4,6-7H,2,5H2,1H3,(H2,16,17)/b10-6+. The highest BCUT2D eigenvalue weighted by Gasteiger charge is 2.07. The number of nitrogens with two attached hydrogens (primary N) is 1. The maximum atomic E-state index is 11.0. The normalized spacial score (nSPS) is 10.8. The van der Waals surface area contributed by atoms with E-state index in [0.29, 0.717) is 17.9 Å². The van der Waals surface area contributed by atoms with E-state index in [4.69, 9.17) is 15.7 Å². The minimum Gasteiger partial charge on any atom is -0.493 e. The highest BCUT2D eigenvalue weighted by atomic mass is 79.9. The van der Waals surface area contributed by atoms with Crippen LogP contribution < -0.4 is 10.5 Å². The van der Waals surface area contributed by atoms with Gasteiger partial charge in [0.1, 0.15) is 17.4 Å². The molecule has 0 spiro atoms. The van der Waals surface area contributed by atoms with Crippen molar-refractivity contribution in [3.8, 4) is 11.8 Å². The molecule has 0 aliphatic rings. The highest BCUT2D eigenvalue weighted by Crippen LogP contribution is 2.25. The summed E-state index contributed by atoms with van der Waals surface area (Å²) in [7, 11) is 0. The molecule has 0 atom stereocenters. The number of primary amides is 1. The van der Waals surface area contributed by atoms with Gasteiger partial charge in [0.25, 0.3) is 5.91 Å². The summed E-state index contributed by atoms with van der Waals surface area (Å²) >= 11 is 3.33. The van der Waals surface area contributed by atoms with Gasteiger partial charge in [-0.3, -0.25) is 4.79 Å². The second-order valence-electron chi connectivity index (χ2n) is 3.56. The van der Waals surface area contributed by atoms with E-state index in [2.05, 4.69) is 15.9 Å². The van der Waals surface area contributed by atoms with Gasteiger partial charge in [-0.05, 0) is 30.7 Å². The average Bonchev–Trinajstić information content (AvgIpc) is 2.34. The van der Waals surface area contributed by atoms with Gasteiger partial charge in [-0.15, -0.1) is 0 Å². The fourth-order valence-corrected chi connectivity index (χ4v) is 1.67. The molecule has 0 aliphatic heterocycles. The molecule has 0 aromatic heterocycles. The van der Waals surface area contributed by atoms with Gasteiger partial charge in [0.2, 0.25) is 0 Å². The van der Waals surface area contributed by atoms with Crippen LogP contribution in [0.1, 0.15) is 18.9 Å². The van der Waals surface area contributed by atoms with Crippen molar-refractivity contribution in [2.45, 2.75) is 13.3 Å². The number of nitrogens with zero attached hydrogens (tertiary/aromatic N) is 1. The molecule has 0 fully saturated rings. The molecule has 4 nitrogen and oxygen atoms in total. The van der Waals surface area contributed by atoms with E-state index >= 15 is 0 Å². The summed E-state index contributed by atoms with van der Waals surface area (Å²) in [5, 5.41) is 8.82. The fourth-order valence-electron chi connectivity index (χ4n) is 1.29. The molecule has 18 heavy (non-hydrogen) atoms. The molecule has 0 saturated carbocycles. The molecule has 0 radical (unpaired) electrons. The number of nitriles is 1. The van der Waals surface area contributed by atoms with Gasteiger partial charge in [-0.2, -0.15) is 5.26 Å². The number of carbonyl (C=O) groups excluding carboxylic acids is 1. The zero-order chi connectivity index (χ0) is 13.5. The summed E-state index contributed by atoms with van der Waals surface area (Å²) in [5.41, 5.74) is 5.65. The summed E-state index contributed by atoms with van der Waals surface area (Å²) in [6.07, 6.45) is 2.30. The zero-order valence-corrected chi connectivity index (χ0v) is 11.5. The second kappa shape index (κ2) is 6.82. The van der Waals surface area contributed by atoms with Gasteiger partial charge in [-0.1, -0.05) is 22.9 Å².